The first kappa shape index (κ1) is 16.8. The van der Waals surface area contributed by atoms with Crippen molar-refractivity contribution in [3.8, 4) is 0 Å². The third-order valence-corrected chi connectivity index (χ3v) is 5.03. The van der Waals surface area contributed by atoms with Gasteiger partial charge in [0.05, 0.1) is 4.99 Å². The number of sulfonamides is 1. The lowest BCUT2D eigenvalue weighted by atomic mass is 10.3. The molecule has 0 aliphatic rings. The molecule has 0 spiro atoms. The van der Waals surface area contributed by atoms with Gasteiger partial charge < -0.3 is 10.6 Å². The lowest BCUT2D eigenvalue weighted by Gasteiger charge is -2.21. The van der Waals surface area contributed by atoms with E-state index in [-0.39, 0.29) is 4.99 Å². The van der Waals surface area contributed by atoms with Crippen LogP contribution in [0.1, 0.15) is 27.2 Å². The average molecular weight is 281 g/mol. The Kier molecular flexibility index (Phi) is 7.15. The minimum absolute atomic E-state index is 0.00296. The Hall–Kier alpha value is -0.240. The van der Waals surface area contributed by atoms with Crippen LogP contribution in [0, 0.1) is 0 Å². The normalized spacial score (nSPS) is 14.2. The molecule has 0 bridgehead atoms. The third kappa shape index (κ3) is 6.30. The molecule has 0 aromatic heterocycles. The van der Waals surface area contributed by atoms with Gasteiger partial charge in [0.2, 0.25) is 10.0 Å². The van der Waals surface area contributed by atoms with Crippen LogP contribution in [0.25, 0.3) is 0 Å². The van der Waals surface area contributed by atoms with E-state index in [9.17, 15) is 8.42 Å². The summed E-state index contributed by atoms with van der Waals surface area (Å²) in [6.45, 7) is 6.94. The van der Waals surface area contributed by atoms with E-state index in [1.165, 1.54) is 6.92 Å². The second kappa shape index (κ2) is 7.25. The zero-order valence-corrected chi connectivity index (χ0v) is 12.6. The highest BCUT2D eigenvalue weighted by atomic mass is 32.2. The molecule has 0 saturated heterocycles. The van der Waals surface area contributed by atoms with Crippen LogP contribution >= 0.6 is 12.2 Å². The Bertz CT molecular complexity index is 341. The van der Waals surface area contributed by atoms with E-state index in [1.54, 1.807) is 0 Å². The highest BCUT2D eigenvalue weighted by molar-refractivity contribution is 7.93. The molecular weight excluding hydrogens is 258 g/mol. The zero-order chi connectivity index (χ0) is 13.6. The fraction of sp³-hybridized carbons (Fsp3) is 0.900. The van der Waals surface area contributed by atoms with Crippen molar-refractivity contribution in [3.63, 3.8) is 0 Å². The highest BCUT2D eigenvalue weighted by Crippen LogP contribution is 1.99. The van der Waals surface area contributed by atoms with Crippen LogP contribution in [0.5, 0.6) is 0 Å². The minimum atomic E-state index is -3.41. The topological polar surface area (TPSA) is 75.4 Å². The zero-order valence-electron chi connectivity index (χ0n) is 10.9. The van der Waals surface area contributed by atoms with E-state index in [1.807, 2.05) is 7.05 Å². The van der Waals surface area contributed by atoms with E-state index < -0.39 is 15.3 Å². The van der Waals surface area contributed by atoms with Crippen LogP contribution in [0.4, 0.5) is 0 Å². The summed E-state index contributed by atoms with van der Waals surface area (Å²) in [4.78, 5) is 2.16. The van der Waals surface area contributed by atoms with Crippen LogP contribution in [-0.4, -0.2) is 49.7 Å². The van der Waals surface area contributed by atoms with Crippen molar-refractivity contribution in [2.24, 2.45) is 5.73 Å². The number of thiocarbonyl (C=S) groups is 1. The van der Waals surface area contributed by atoms with Gasteiger partial charge in [0.25, 0.3) is 0 Å². The van der Waals surface area contributed by atoms with Crippen molar-refractivity contribution in [2.75, 3.05) is 20.1 Å². The van der Waals surface area contributed by atoms with Gasteiger partial charge in [-0.05, 0) is 40.8 Å². The van der Waals surface area contributed by atoms with Crippen LogP contribution < -0.4 is 10.5 Å². The lowest BCUT2D eigenvalue weighted by Crippen LogP contribution is -2.41. The van der Waals surface area contributed by atoms with Gasteiger partial charge in [-0.3, -0.25) is 0 Å². The van der Waals surface area contributed by atoms with Crippen LogP contribution in [0.2, 0.25) is 0 Å². The first-order chi connectivity index (χ1) is 7.68. The fourth-order valence-electron chi connectivity index (χ4n) is 1.08. The van der Waals surface area contributed by atoms with Gasteiger partial charge in [0.15, 0.2) is 0 Å². The van der Waals surface area contributed by atoms with Crippen molar-refractivity contribution in [1.82, 2.24) is 9.62 Å². The number of nitrogens with zero attached hydrogens (tertiary/aromatic N) is 1. The summed E-state index contributed by atoms with van der Waals surface area (Å²) in [6, 6.07) is 0.460. The molecule has 0 aliphatic carbocycles. The fourth-order valence-corrected chi connectivity index (χ4v) is 2.44. The molecule has 102 valence electrons. The number of rotatable bonds is 8. The van der Waals surface area contributed by atoms with Crippen molar-refractivity contribution < 1.29 is 8.42 Å². The molecule has 0 rings (SSSR count). The summed E-state index contributed by atoms with van der Waals surface area (Å²) >= 11 is 4.67. The first-order valence-corrected chi connectivity index (χ1v) is 7.62. The quantitative estimate of drug-likeness (QED) is 0.495. The average Bonchev–Trinajstić information content (AvgIpc) is 2.22. The maximum absolute atomic E-state index is 11.7. The Morgan fingerprint density at radius 2 is 1.94 bits per heavy atom. The SMILES string of the molecule is CC(C)N(C)CCCNS(=O)(=O)C(C)C(N)=S. The number of hydrogen-bond acceptors (Lipinski definition) is 4. The molecule has 3 N–H and O–H groups in total. The summed E-state index contributed by atoms with van der Waals surface area (Å²) in [5, 5.41) is -0.819. The third-order valence-electron chi connectivity index (χ3n) is 2.74. The van der Waals surface area contributed by atoms with Gasteiger partial charge in [-0.15, -0.1) is 0 Å². The van der Waals surface area contributed by atoms with Gasteiger partial charge in [0, 0.05) is 12.6 Å². The molecule has 0 aromatic rings. The van der Waals surface area contributed by atoms with Crippen molar-refractivity contribution >= 4 is 27.2 Å². The van der Waals surface area contributed by atoms with Gasteiger partial charge in [0.1, 0.15) is 5.25 Å². The van der Waals surface area contributed by atoms with Gasteiger partial charge in [-0.1, -0.05) is 12.2 Å². The number of hydrogen-bond donors (Lipinski definition) is 2. The summed E-state index contributed by atoms with van der Waals surface area (Å²) in [6.07, 6.45) is 0.762. The van der Waals surface area contributed by atoms with Crippen molar-refractivity contribution in [1.29, 1.82) is 0 Å². The molecule has 0 amide bonds. The molecular formula is C10H23N3O2S2. The molecule has 0 radical (unpaired) electrons. The number of nitrogens with one attached hydrogen (secondary N) is 1. The Morgan fingerprint density at radius 3 is 2.35 bits per heavy atom. The highest BCUT2D eigenvalue weighted by Gasteiger charge is 2.22. The molecule has 1 atom stereocenters. The Morgan fingerprint density at radius 1 is 1.41 bits per heavy atom. The Labute approximate surface area is 110 Å². The second-order valence-corrected chi connectivity index (χ2v) is 6.97. The summed E-state index contributed by atoms with van der Waals surface area (Å²) in [5.41, 5.74) is 5.32. The molecule has 0 fully saturated rings. The molecule has 0 aromatic carbocycles. The maximum Gasteiger partial charge on any atom is 0.220 e. The molecule has 17 heavy (non-hydrogen) atoms. The summed E-state index contributed by atoms with van der Waals surface area (Å²) in [5.74, 6) is 0. The van der Waals surface area contributed by atoms with E-state index >= 15 is 0 Å². The molecule has 0 saturated carbocycles. The predicted octanol–water partition coefficient (Wildman–Crippen LogP) is 0.311. The van der Waals surface area contributed by atoms with E-state index in [0.29, 0.717) is 12.6 Å². The van der Waals surface area contributed by atoms with E-state index in [0.717, 1.165) is 13.0 Å². The van der Waals surface area contributed by atoms with Crippen LogP contribution in [-0.2, 0) is 10.0 Å². The van der Waals surface area contributed by atoms with Gasteiger partial charge in [-0.25, -0.2) is 13.1 Å². The summed E-state index contributed by atoms with van der Waals surface area (Å²) in [7, 11) is -1.40. The van der Waals surface area contributed by atoms with Crippen molar-refractivity contribution in [3.05, 3.63) is 0 Å². The lowest BCUT2D eigenvalue weighted by molar-refractivity contribution is 0.271. The summed E-state index contributed by atoms with van der Waals surface area (Å²) < 4.78 is 25.8. The predicted molar refractivity (Wildman–Crippen MR) is 75.6 cm³/mol. The monoisotopic (exact) mass is 281 g/mol. The number of nitrogens with two attached hydrogens (primary N) is 1. The maximum atomic E-state index is 11.7. The second-order valence-electron chi connectivity index (χ2n) is 4.41. The molecule has 7 heteroatoms. The Balaban J connectivity index is 4.01. The van der Waals surface area contributed by atoms with Gasteiger partial charge in [-0.2, -0.15) is 0 Å². The molecule has 1 unspecified atom stereocenters. The van der Waals surface area contributed by atoms with Crippen molar-refractivity contribution in [2.45, 2.75) is 38.5 Å². The van der Waals surface area contributed by atoms with E-state index in [4.69, 9.17) is 5.73 Å². The van der Waals surface area contributed by atoms with Crippen LogP contribution in [0.15, 0.2) is 0 Å². The smallest absolute Gasteiger partial charge is 0.220 e. The standard InChI is InChI=1S/C10H23N3O2S2/c1-8(2)13(4)7-5-6-12-17(14,15)9(3)10(11)16/h8-9,12H,5-7H2,1-4H3,(H2,11,16). The molecule has 0 heterocycles. The van der Waals surface area contributed by atoms with E-state index in [2.05, 4.69) is 35.7 Å². The molecule has 0 aliphatic heterocycles. The van der Waals surface area contributed by atoms with Crippen LogP contribution in [0.3, 0.4) is 0 Å². The first-order valence-electron chi connectivity index (χ1n) is 5.66. The largest absolute Gasteiger partial charge is 0.392 e. The van der Waals surface area contributed by atoms with Gasteiger partial charge >= 0.3 is 0 Å². The molecule has 5 nitrogen and oxygen atoms in total. The minimum Gasteiger partial charge on any atom is -0.392 e.